The predicted octanol–water partition coefficient (Wildman–Crippen LogP) is 0.706. The van der Waals surface area contributed by atoms with Gasteiger partial charge in [0.15, 0.2) is 18.9 Å². The molecule has 0 aromatic heterocycles. The lowest BCUT2D eigenvalue weighted by atomic mass is 9.33. The van der Waals surface area contributed by atoms with E-state index >= 15 is 0 Å². The van der Waals surface area contributed by atoms with Crippen molar-refractivity contribution in [1.29, 1.82) is 0 Å². The fourth-order valence-corrected chi connectivity index (χ4v) is 15.1. The number of carbonyl (C=O) groups is 1. The van der Waals surface area contributed by atoms with Crippen molar-refractivity contribution in [2.45, 2.75) is 211 Å². The van der Waals surface area contributed by atoms with Crippen molar-refractivity contribution in [2.24, 2.45) is 50.2 Å². The number of hydrogen-bond acceptors (Lipinski definition) is 17. The van der Waals surface area contributed by atoms with E-state index in [0.717, 1.165) is 44.9 Å². The van der Waals surface area contributed by atoms with Gasteiger partial charge < -0.3 is 84.6 Å². The molecule has 0 aromatic rings. The van der Waals surface area contributed by atoms with E-state index in [9.17, 15) is 61.0 Å². The number of ether oxygens (including phenoxy) is 6. The van der Waals surface area contributed by atoms with Gasteiger partial charge in [-0.1, -0.05) is 60.1 Å². The van der Waals surface area contributed by atoms with Crippen molar-refractivity contribution in [1.82, 2.24) is 0 Å². The number of carboxylic acids is 1. The van der Waals surface area contributed by atoms with Gasteiger partial charge in [0.1, 0.15) is 73.2 Å². The highest BCUT2D eigenvalue weighted by molar-refractivity contribution is 5.76. The van der Waals surface area contributed by atoms with Crippen LogP contribution in [0.25, 0.3) is 0 Å². The summed E-state index contributed by atoms with van der Waals surface area (Å²) in [5.41, 5.74) is -0.124. The summed E-state index contributed by atoms with van der Waals surface area (Å²) in [4.78, 5) is 13.1. The minimum atomic E-state index is -1.94. The van der Waals surface area contributed by atoms with E-state index in [2.05, 4.69) is 54.5 Å². The van der Waals surface area contributed by atoms with Crippen molar-refractivity contribution in [2.75, 3.05) is 19.8 Å². The van der Waals surface area contributed by atoms with Crippen molar-refractivity contribution in [3.63, 3.8) is 0 Å². The Kier molecular flexibility index (Phi) is 13.9. The average Bonchev–Trinajstić information content (AvgIpc) is 3.26. The van der Waals surface area contributed by atoms with Crippen molar-refractivity contribution < 1.29 is 89.4 Å². The number of aliphatic hydroxyl groups excluding tert-OH is 10. The van der Waals surface area contributed by atoms with E-state index < -0.39 is 135 Å². The molecule has 3 heterocycles. The molecule has 8 rings (SSSR count). The Morgan fingerprint density at radius 1 is 0.606 bits per heavy atom. The zero-order valence-corrected chi connectivity index (χ0v) is 39.5. The highest BCUT2D eigenvalue weighted by atomic mass is 16.8. The second-order valence-corrected chi connectivity index (χ2v) is 23.5. The van der Waals surface area contributed by atoms with Crippen LogP contribution in [0.1, 0.15) is 113 Å². The Morgan fingerprint density at radius 2 is 1.15 bits per heavy atom. The Bertz CT molecular complexity index is 1790. The number of carboxylic acid groups (broad SMARTS) is 1. The summed E-state index contributed by atoms with van der Waals surface area (Å²) in [5, 5.41) is 117. The monoisotopic (exact) mass is 943 g/mol. The van der Waals surface area contributed by atoms with Gasteiger partial charge in [-0.15, -0.1) is 0 Å². The molecule has 4 saturated carbocycles. The highest BCUT2D eigenvalue weighted by Crippen LogP contribution is 2.76. The minimum Gasteiger partial charge on any atom is -0.481 e. The fraction of sp³-hybridized carbons (Fsp3) is 0.938. The van der Waals surface area contributed by atoms with Gasteiger partial charge in [-0.25, -0.2) is 0 Å². The summed E-state index contributed by atoms with van der Waals surface area (Å²) in [6.45, 7) is 14.0. The van der Waals surface area contributed by atoms with E-state index in [4.69, 9.17) is 28.4 Å². The molecule has 66 heavy (non-hydrogen) atoms. The SMILES string of the molecule is CC1(C)CC[C@]2(C(=O)O)CC[C@]3(C)C(=CC[C@@H]4[C@@]5(C)CC[C@H](O[C@@H]6O[C@H](CO)[C@@H](O)[C@H](O)[C@H]6O[C@@H]6O[C@H](CO)[C@@H](O[C@@H]7O[C@H](CO)[C@@H](O)[C@H](O)[C@H]7O)[C@H](O)[C@H]6O)C(C)(C)[C@@H]5CC[C@]43C)[C@@H]2C1. The Balaban J connectivity index is 1.01. The number of aliphatic carboxylic acids is 1. The first kappa shape index (κ1) is 50.9. The number of hydrogen-bond donors (Lipinski definition) is 11. The van der Waals surface area contributed by atoms with Crippen LogP contribution in [-0.2, 0) is 33.2 Å². The molecule has 18 nitrogen and oxygen atoms in total. The number of fused-ring (bicyclic) bond motifs is 7. The third kappa shape index (κ3) is 7.87. The van der Waals surface area contributed by atoms with Gasteiger partial charge in [-0.3, -0.25) is 4.79 Å². The summed E-state index contributed by atoms with van der Waals surface area (Å²) >= 11 is 0. The predicted molar refractivity (Wildman–Crippen MR) is 231 cm³/mol. The fourth-order valence-electron chi connectivity index (χ4n) is 15.1. The topological polar surface area (TPSA) is 295 Å². The third-order valence-corrected chi connectivity index (χ3v) is 19.4. The van der Waals surface area contributed by atoms with E-state index in [1.165, 1.54) is 5.57 Å². The van der Waals surface area contributed by atoms with Crippen molar-refractivity contribution >= 4 is 5.97 Å². The zero-order valence-electron chi connectivity index (χ0n) is 39.5. The molecule has 0 unspecified atom stereocenters. The molecule has 0 spiro atoms. The largest absolute Gasteiger partial charge is 0.481 e. The molecule has 23 atom stereocenters. The maximum atomic E-state index is 13.1. The second-order valence-electron chi connectivity index (χ2n) is 23.5. The molecule has 3 saturated heterocycles. The molecule has 0 bridgehead atoms. The van der Waals surface area contributed by atoms with Crippen LogP contribution in [0, 0.1) is 50.2 Å². The molecule has 5 aliphatic carbocycles. The molecule has 3 aliphatic heterocycles. The standard InChI is InChI=1S/C48H78O18/c1-43(2)14-16-48(42(59)60)17-15-46(6)22(23(48)18-43)8-9-28-45(5)12-11-29(44(3,4)27(45)10-13-47(28,46)7)64-41-38(33(55)31(53)25(20-50)62-41)66-40-36(58)34(56)37(26(21-51)63-40)65-39-35(57)32(54)30(52)24(19-49)61-39/h8,23-41,49-58H,9-21H2,1-7H3,(H,59,60)/t23-,24+,25+,26+,27-,28+,29-,30+,31+,32-,33-,34+,35+,36+,37+,38+,39-,40-,41-,45-,46+,47+,48-/m0/s1. The molecule has 0 radical (unpaired) electrons. The summed E-state index contributed by atoms with van der Waals surface area (Å²) in [7, 11) is 0. The maximum Gasteiger partial charge on any atom is 0.310 e. The maximum absolute atomic E-state index is 13.1. The first-order chi connectivity index (χ1) is 30.9. The van der Waals surface area contributed by atoms with Crippen LogP contribution in [0.15, 0.2) is 11.6 Å². The van der Waals surface area contributed by atoms with Gasteiger partial charge >= 0.3 is 5.97 Å². The van der Waals surface area contributed by atoms with Gasteiger partial charge in [0, 0.05) is 0 Å². The van der Waals surface area contributed by atoms with Gasteiger partial charge in [-0.2, -0.15) is 0 Å². The summed E-state index contributed by atoms with van der Waals surface area (Å²) in [6, 6.07) is 0. The lowest BCUT2D eigenvalue weighted by molar-refractivity contribution is -0.390. The van der Waals surface area contributed by atoms with Crippen molar-refractivity contribution in [3.05, 3.63) is 11.6 Å². The van der Waals surface area contributed by atoms with Crippen LogP contribution in [-0.4, -0.2) is 180 Å². The Hall–Kier alpha value is -1.43. The normalized spacial score (nSPS) is 53.3. The summed E-state index contributed by atoms with van der Waals surface area (Å²) in [6.07, 6.45) is -14.6. The molecule has 11 N–H and O–H groups in total. The van der Waals surface area contributed by atoms with Gasteiger partial charge in [0.05, 0.1) is 31.3 Å². The average molecular weight is 943 g/mol. The minimum absolute atomic E-state index is 0.00727. The van der Waals surface area contributed by atoms with Gasteiger partial charge in [-0.05, 0) is 109 Å². The van der Waals surface area contributed by atoms with Crippen molar-refractivity contribution in [3.8, 4) is 0 Å². The van der Waals surface area contributed by atoms with E-state index in [1.807, 2.05) is 0 Å². The molecule has 0 amide bonds. The lowest BCUT2D eigenvalue weighted by Gasteiger charge is -2.71. The van der Waals surface area contributed by atoms with Crippen LogP contribution in [0.5, 0.6) is 0 Å². The van der Waals surface area contributed by atoms with E-state index in [0.29, 0.717) is 25.2 Å². The quantitative estimate of drug-likeness (QED) is 0.106. The lowest BCUT2D eigenvalue weighted by Crippen LogP contribution is -2.67. The Labute approximate surface area is 387 Å². The zero-order chi connectivity index (χ0) is 48.3. The molecule has 18 heteroatoms. The van der Waals surface area contributed by atoms with Gasteiger partial charge in [0.2, 0.25) is 0 Å². The number of allylic oxidation sites excluding steroid dienone is 2. The van der Waals surface area contributed by atoms with E-state index in [-0.39, 0.29) is 33.5 Å². The molecule has 0 aromatic carbocycles. The molecular weight excluding hydrogens is 865 g/mol. The van der Waals surface area contributed by atoms with Gasteiger partial charge in [0.25, 0.3) is 0 Å². The Morgan fingerprint density at radius 3 is 1.77 bits per heavy atom. The molecular formula is C48H78O18. The molecule has 378 valence electrons. The number of rotatable bonds is 10. The van der Waals surface area contributed by atoms with Crippen LogP contribution >= 0.6 is 0 Å². The summed E-state index contributed by atoms with van der Waals surface area (Å²) < 4.78 is 36.1. The first-order valence-corrected chi connectivity index (χ1v) is 24.3. The van der Waals surface area contributed by atoms with Crippen LogP contribution in [0.4, 0.5) is 0 Å². The third-order valence-electron chi connectivity index (χ3n) is 19.4. The number of aliphatic hydroxyl groups is 10. The smallest absolute Gasteiger partial charge is 0.310 e. The molecule has 8 aliphatic rings. The molecule has 7 fully saturated rings. The highest BCUT2D eigenvalue weighted by Gasteiger charge is 2.70. The van der Waals surface area contributed by atoms with Crippen LogP contribution in [0.2, 0.25) is 0 Å². The first-order valence-electron chi connectivity index (χ1n) is 24.3. The van der Waals surface area contributed by atoms with Crippen LogP contribution < -0.4 is 0 Å². The van der Waals surface area contributed by atoms with E-state index in [1.54, 1.807) is 0 Å². The summed E-state index contributed by atoms with van der Waals surface area (Å²) in [5.74, 6) is -0.160. The van der Waals surface area contributed by atoms with Crippen LogP contribution in [0.3, 0.4) is 0 Å². The second kappa shape index (κ2) is 18.0.